The second kappa shape index (κ2) is 8.94. The molecule has 0 aliphatic rings. The maximum Gasteiger partial charge on any atom is 0.225 e. The lowest BCUT2D eigenvalue weighted by Crippen LogP contribution is -2.17. The maximum atomic E-state index is 11.7. The molecule has 0 radical (unpaired) electrons. The van der Waals surface area contributed by atoms with Crippen molar-refractivity contribution in [3.8, 4) is 0 Å². The molecule has 1 atom stereocenters. The molecule has 5 nitrogen and oxygen atoms in total. The van der Waals surface area contributed by atoms with Crippen LogP contribution in [-0.2, 0) is 20.3 Å². The molecule has 112 valence electrons. The van der Waals surface area contributed by atoms with Crippen LogP contribution in [0, 0.1) is 0 Å². The molecule has 0 fully saturated rings. The summed E-state index contributed by atoms with van der Waals surface area (Å²) in [6.45, 7) is 0.580. The Morgan fingerprint density at radius 3 is 2.90 bits per heavy atom. The first-order valence-electron chi connectivity index (χ1n) is 6.21. The zero-order valence-electron chi connectivity index (χ0n) is 11.4. The fourth-order valence-corrected chi connectivity index (χ4v) is 2.75. The van der Waals surface area contributed by atoms with E-state index in [1.165, 1.54) is 0 Å². The molecular formula is C13H19ClN2O3S. The second-order valence-electron chi connectivity index (χ2n) is 4.22. The third-order valence-electron chi connectivity index (χ3n) is 2.57. The first-order chi connectivity index (χ1) is 9.52. The number of methoxy groups -OCH3 is 1. The summed E-state index contributed by atoms with van der Waals surface area (Å²) < 4.78 is 16.5. The quantitative estimate of drug-likeness (QED) is 0.567. The lowest BCUT2D eigenvalue weighted by Gasteiger charge is -2.08. The molecule has 7 heteroatoms. The van der Waals surface area contributed by atoms with E-state index in [9.17, 15) is 9.00 Å². The predicted molar refractivity (Wildman–Crippen MR) is 83.5 cm³/mol. The molecule has 0 spiro atoms. The number of nitrogens with one attached hydrogen (secondary N) is 1. The second-order valence-corrected chi connectivity index (χ2v) is 6.36. The van der Waals surface area contributed by atoms with Gasteiger partial charge in [-0.2, -0.15) is 0 Å². The first kappa shape index (κ1) is 16.9. The number of halogens is 1. The molecule has 0 saturated carbocycles. The maximum absolute atomic E-state index is 11.7. The number of ether oxygens (including phenoxy) is 1. The number of hydrogen-bond donors (Lipinski definition) is 2. The normalized spacial score (nSPS) is 12.1. The van der Waals surface area contributed by atoms with E-state index < -0.39 is 10.8 Å². The number of nitrogen functional groups attached to an aromatic ring is 1. The minimum Gasteiger partial charge on any atom is -0.397 e. The highest BCUT2D eigenvalue weighted by atomic mass is 35.5. The van der Waals surface area contributed by atoms with Crippen LogP contribution in [-0.4, -0.2) is 35.3 Å². The zero-order chi connectivity index (χ0) is 15.0. The van der Waals surface area contributed by atoms with Gasteiger partial charge in [0.25, 0.3) is 0 Å². The van der Waals surface area contributed by atoms with Crippen LogP contribution in [0.3, 0.4) is 0 Å². The lowest BCUT2D eigenvalue weighted by atomic mass is 10.2. The molecule has 0 aromatic heterocycles. The van der Waals surface area contributed by atoms with Crippen molar-refractivity contribution < 1.29 is 13.7 Å². The number of benzene rings is 1. The van der Waals surface area contributed by atoms with E-state index in [0.29, 0.717) is 34.5 Å². The average molecular weight is 319 g/mol. The van der Waals surface area contributed by atoms with Crippen LogP contribution in [0.1, 0.15) is 12.8 Å². The van der Waals surface area contributed by atoms with E-state index in [4.69, 9.17) is 22.1 Å². The summed E-state index contributed by atoms with van der Waals surface area (Å²) in [5.74, 6) is 0.648. The highest BCUT2D eigenvalue weighted by Gasteiger charge is 2.08. The van der Waals surface area contributed by atoms with E-state index in [2.05, 4.69) is 5.32 Å². The monoisotopic (exact) mass is 318 g/mol. The summed E-state index contributed by atoms with van der Waals surface area (Å²) >= 11 is 5.83. The molecule has 0 aliphatic carbocycles. The minimum atomic E-state index is -1.01. The van der Waals surface area contributed by atoms with Crippen LogP contribution in [0.5, 0.6) is 0 Å². The molecule has 1 rings (SSSR count). The van der Waals surface area contributed by atoms with Gasteiger partial charge in [-0.1, -0.05) is 11.6 Å². The Morgan fingerprint density at radius 1 is 1.45 bits per heavy atom. The number of hydrogen-bond acceptors (Lipinski definition) is 4. The zero-order valence-corrected chi connectivity index (χ0v) is 12.9. The number of anilines is 2. The Bertz CT molecular complexity index is 483. The molecule has 0 heterocycles. The summed E-state index contributed by atoms with van der Waals surface area (Å²) in [5, 5.41) is 3.16. The van der Waals surface area contributed by atoms with Crippen LogP contribution < -0.4 is 11.1 Å². The fourth-order valence-electron chi connectivity index (χ4n) is 1.52. The number of rotatable bonds is 8. The molecule has 1 aromatic carbocycles. The van der Waals surface area contributed by atoms with Gasteiger partial charge in [0.05, 0.1) is 11.4 Å². The van der Waals surface area contributed by atoms with Gasteiger partial charge in [0.1, 0.15) is 0 Å². The number of carbonyl (C=O) groups is 1. The molecule has 3 N–H and O–H groups in total. The number of amides is 1. The van der Waals surface area contributed by atoms with Gasteiger partial charge >= 0.3 is 0 Å². The van der Waals surface area contributed by atoms with Gasteiger partial charge in [-0.15, -0.1) is 0 Å². The molecule has 1 aromatic rings. The Kier molecular flexibility index (Phi) is 7.58. The third kappa shape index (κ3) is 6.36. The van der Waals surface area contributed by atoms with Crippen molar-refractivity contribution >= 4 is 39.7 Å². The van der Waals surface area contributed by atoms with Crippen LogP contribution in [0.4, 0.5) is 11.4 Å². The van der Waals surface area contributed by atoms with Crippen molar-refractivity contribution in [1.82, 2.24) is 0 Å². The van der Waals surface area contributed by atoms with Crippen molar-refractivity contribution in [1.29, 1.82) is 0 Å². The van der Waals surface area contributed by atoms with Gasteiger partial charge in [0, 0.05) is 47.5 Å². The number of carbonyl (C=O) groups excluding carboxylic acids is 1. The van der Waals surface area contributed by atoms with E-state index in [1.807, 2.05) is 0 Å². The molecular weight excluding hydrogens is 300 g/mol. The molecule has 0 bridgehead atoms. The average Bonchev–Trinajstić information content (AvgIpc) is 2.41. The first-order valence-corrected chi connectivity index (χ1v) is 8.08. The SMILES string of the molecule is COCCCS(=O)CCC(=O)Nc1cc(Cl)ccc1N. The summed E-state index contributed by atoms with van der Waals surface area (Å²) in [6.07, 6.45) is 0.914. The Balaban J connectivity index is 2.36. The highest BCUT2D eigenvalue weighted by molar-refractivity contribution is 7.84. The van der Waals surface area contributed by atoms with Crippen molar-refractivity contribution in [2.75, 3.05) is 36.3 Å². The molecule has 0 saturated heterocycles. The van der Waals surface area contributed by atoms with Crippen LogP contribution in [0.2, 0.25) is 5.02 Å². The summed E-state index contributed by atoms with van der Waals surface area (Å²) in [4.78, 5) is 11.7. The van der Waals surface area contributed by atoms with E-state index in [-0.39, 0.29) is 12.3 Å². The minimum absolute atomic E-state index is 0.186. The van der Waals surface area contributed by atoms with Gasteiger partial charge < -0.3 is 15.8 Å². The summed E-state index contributed by atoms with van der Waals surface area (Å²) in [6, 6.07) is 4.86. The topological polar surface area (TPSA) is 81.4 Å². The smallest absolute Gasteiger partial charge is 0.225 e. The molecule has 1 unspecified atom stereocenters. The summed E-state index contributed by atoms with van der Waals surface area (Å²) in [5.41, 5.74) is 6.65. The van der Waals surface area contributed by atoms with Crippen molar-refractivity contribution in [2.24, 2.45) is 0 Å². The molecule has 0 aliphatic heterocycles. The number of nitrogens with two attached hydrogens (primary N) is 1. The van der Waals surface area contributed by atoms with E-state index in [1.54, 1.807) is 25.3 Å². The van der Waals surface area contributed by atoms with Gasteiger partial charge in [-0.3, -0.25) is 9.00 Å². The van der Waals surface area contributed by atoms with Gasteiger partial charge in [0.15, 0.2) is 0 Å². The fraction of sp³-hybridized carbons (Fsp3) is 0.462. The molecule has 1 amide bonds. The van der Waals surface area contributed by atoms with E-state index >= 15 is 0 Å². The third-order valence-corrected chi connectivity index (χ3v) is 4.21. The van der Waals surface area contributed by atoms with Crippen molar-refractivity contribution in [3.05, 3.63) is 23.2 Å². The van der Waals surface area contributed by atoms with Crippen LogP contribution in [0.15, 0.2) is 18.2 Å². The van der Waals surface area contributed by atoms with Crippen molar-refractivity contribution in [3.63, 3.8) is 0 Å². The Labute approximate surface area is 126 Å². The molecule has 20 heavy (non-hydrogen) atoms. The Hall–Kier alpha value is -1.11. The van der Waals surface area contributed by atoms with Gasteiger partial charge in [-0.05, 0) is 24.6 Å². The standard InChI is InChI=1S/C13H19ClN2O3S/c1-19-6-2-7-20(18)8-5-13(17)16-12-9-10(14)3-4-11(12)15/h3-4,9H,2,5-8,15H2,1H3,(H,16,17). The summed E-state index contributed by atoms with van der Waals surface area (Å²) in [7, 11) is 0.595. The Morgan fingerprint density at radius 2 is 2.20 bits per heavy atom. The predicted octanol–water partition coefficient (Wildman–Crippen LogP) is 2.04. The van der Waals surface area contributed by atoms with Gasteiger partial charge in [-0.25, -0.2) is 0 Å². The largest absolute Gasteiger partial charge is 0.397 e. The van der Waals surface area contributed by atoms with Crippen LogP contribution >= 0.6 is 11.6 Å². The van der Waals surface area contributed by atoms with E-state index in [0.717, 1.165) is 6.42 Å². The van der Waals surface area contributed by atoms with Crippen LogP contribution in [0.25, 0.3) is 0 Å². The van der Waals surface area contributed by atoms with Gasteiger partial charge in [0.2, 0.25) is 5.91 Å². The highest BCUT2D eigenvalue weighted by Crippen LogP contribution is 2.22. The van der Waals surface area contributed by atoms with Crippen molar-refractivity contribution in [2.45, 2.75) is 12.8 Å². The lowest BCUT2D eigenvalue weighted by molar-refractivity contribution is -0.115.